The topological polar surface area (TPSA) is 57.5 Å². The maximum atomic E-state index is 10.9. The van der Waals surface area contributed by atoms with Gasteiger partial charge in [0.25, 0.3) is 0 Å². The second-order valence-electron chi connectivity index (χ2n) is 5.10. The van der Waals surface area contributed by atoms with Crippen LogP contribution in [0.2, 0.25) is 0 Å². The summed E-state index contributed by atoms with van der Waals surface area (Å²) >= 11 is 0. The fraction of sp³-hybridized carbons (Fsp3) is 0.500. The van der Waals surface area contributed by atoms with Crippen molar-refractivity contribution >= 4 is 5.97 Å². The highest BCUT2D eigenvalue weighted by Crippen LogP contribution is 2.43. The van der Waals surface area contributed by atoms with Gasteiger partial charge in [-0.3, -0.25) is 0 Å². The third-order valence-electron chi connectivity index (χ3n) is 3.85. The van der Waals surface area contributed by atoms with Crippen molar-refractivity contribution in [3.8, 4) is 0 Å². The molecule has 0 aliphatic heterocycles. The van der Waals surface area contributed by atoms with Gasteiger partial charge in [0.05, 0.1) is 0 Å². The Morgan fingerprint density at radius 3 is 2.47 bits per heavy atom. The van der Waals surface area contributed by atoms with Crippen LogP contribution in [0.25, 0.3) is 0 Å². The minimum Gasteiger partial charge on any atom is -0.479 e. The van der Waals surface area contributed by atoms with E-state index in [1.807, 2.05) is 12.1 Å². The van der Waals surface area contributed by atoms with Crippen LogP contribution >= 0.6 is 0 Å². The number of hydrogen-bond acceptors (Lipinski definition) is 2. The first-order valence-electron chi connectivity index (χ1n) is 6.05. The normalized spacial score (nSPS) is 20.1. The summed E-state index contributed by atoms with van der Waals surface area (Å²) in [6, 6.07) is 7.37. The van der Waals surface area contributed by atoms with Crippen LogP contribution in [0.15, 0.2) is 24.3 Å². The number of benzene rings is 1. The van der Waals surface area contributed by atoms with Crippen LogP contribution in [-0.2, 0) is 10.2 Å². The molecular weight excluding hydrogens is 216 g/mol. The summed E-state index contributed by atoms with van der Waals surface area (Å²) < 4.78 is 0. The van der Waals surface area contributed by atoms with Gasteiger partial charge < -0.3 is 10.2 Å². The smallest absolute Gasteiger partial charge is 0.337 e. The van der Waals surface area contributed by atoms with Gasteiger partial charge in [0.15, 0.2) is 6.10 Å². The zero-order valence-electron chi connectivity index (χ0n) is 10.0. The molecule has 17 heavy (non-hydrogen) atoms. The van der Waals surface area contributed by atoms with Crippen LogP contribution in [0.1, 0.15) is 49.8 Å². The lowest BCUT2D eigenvalue weighted by molar-refractivity contribution is -0.147. The SMILES string of the molecule is CC1(c2ccccc2C(O)C(=O)O)CCCC1. The predicted octanol–water partition coefficient (Wildman–Crippen LogP) is 2.64. The first kappa shape index (κ1) is 12.1. The Morgan fingerprint density at radius 1 is 1.29 bits per heavy atom. The van der Waals surface area contributed by atoms with E-state index in [4.69, 9.17) is 5.11 Å². The molecule has 0 saturated heterocycles. The Kier molecular flexibility index (Phi) is 3.20. The molecule has 1 aliphatic carbocycles. The van der Waals surface area contributed by atoms with Crippen molar-refractivity contribution in [1.29, 1.82) is 0 Å². The molecule has 3 heteroatoms. The minimum atomic E-state index is -1.41. The molecule has 1 saturated carbocycles. The summed E-state index contributed by atoms with van der Waals surface area (Å²) in [6.07, 6.45) is 3.07. The maximum Gasteiger partial charge on any atom is 0.337 e. The molecule has 1 aromatic rings. The number of rotatable bonds is 3. The van der Waals surface area contributed by atoms with Crippen LogP contribution in [0, 0.1) is 0 Å². The minimum absolute atomic E-state index is 0.0209. The van der Waals surface area contributed by atoms with Gasteiger partial charge in [-0.1, -0.05) is 44.0 Å². The fourth-order valence-corrected chi connectivity index (χ4v) is 2.84. The Balaban J connectivity index is 2.43. The van der Waals surface area contributed by atoms with Gasteiger partial charge in [-0.2, -0.15) is 0 Å². The average Bonchev–Trinajstić information content (AvgIpc) is 2.76. The molecule has 0 radical (unpaired) electrons. The third kappa shape index (κ3) is 2.20. The number of aliphatic hydroxyl groups is 1. The van der Waals surface area contributed by atoms with Crippen molar-refractivity contribution in [3.05, 3.63) is 35.4 Å². The van der Waals surface area contributed by atoms with Gasteiger partial charge in [-0.15, -0.1) is 0 Å². The highest BCUT2D eigenvalue weighted by atomic mass is 16.4. The zero-order valence-corrected chi connectivity index (χ0v) is 10.0. The molecule has 0 amide bonds. The summed E-state index contributed by atoms with van der Waals surface area (Å²) in [5, 5.41) is 18.7. The van der Waals surface area contributed by atoms with Gasteiger partial charge >= 0.3 is 5.97 Å². The van der Waals surface area contributed by atoms with Crippen LogP contribution < -0.4 is 0 Å². The third-order valence-corrected chi connectivity index (χ3v) is 3.85. The summed E-state index contributed by atoms with van der Waals surface area (Å²) in [4.78, 5) is 10.9. The standard InChI is InChI=1S/C14H18O3/c1-14(8-4-5-9-14)11-7-3-2-6-10(11)12(15)13(16)17/h2-3,6-7,12,15H,4-5,8-9H2,1H3,(H,16,17). The summed E-state index contributed by atoms with van der Waals surface area (Å²) in [5.74, 6) is -1.18. The molecular formula is C14H18O3. The second-order valence-corrected chi connectivity index (χ2v) is 5.10. The Labute approximate surface area is 101 Å². The first-order valence-corrected chi connectivity index (χ1v) is 6.05. The summed E-state index contributed by atoms with van der Waals surface area (Å²) in [7, 11) is 0. The highest BCUT2D eigenvalue weighted by molar-refractivity contribution is 5.74. The molecule has 0 spiro atoms. The van der Waals surface area contributed by atoms with E-state index in [0.717, 1.165) is 18.4 Å². The lowest BCUT2D eigenvalue weighted by Crippen LogP contribution is -2.22. The molecule has 0 aromatic heterocycles. The van der Waals surface area contributed by atoms with E-state index in [9.17, 15) is 9.90 Å². The van der Waals surface area contributed by atoms with E-state index in [1.54, 1.807) is 12.1 Å². The molecule has 1 unspecified atom stereocenters. The highest BCUT2D eigenvalue weighted by Gasteiger charge is 2.34. The van der Waals surface area contributed by atoms with Crippen LogP contribution in [0.3, 0.4) is 0 Å². The van der Waals surface area contributed by atoms with Gasteiger partial charge in [-0.05, 0) is 29.4 Å². The van der Waals surface area contributed by atoms with Crippen molar-refractivity contribution in [1.82, 2.24) is 0 Å². The Bertz CT molecular complexity index is 419. The monoisotopic (exact) mass is 234 g/mol. The number of carboxylic acid groups (broad SMARTS) is 1. The molecule has 0 bridgehead atoms. The number of aliphatic carboxylic acids is 1. The predicted molar refractivity (Wildman–Crippen MR) is 64.9 cm³/mol. The van der Waals surface area contributed by atoms with E-state index in [2.05, 4.69) is 6.92 Å². The Hall–Kier alpha value is -1.35. The van der Waals surface area contributed by atoms with Crippen LogP contribution in [-0.4, -0.2) is 16.2 Å². The van der Waals surface area contributed by atoms with E-state index in [1.165, 1.54) is 12.8 Å². The summed E-state index contributed by atoms with van der Waals surface area (Å²) in [6.45, 7) is 2.16. The molecule has 1 aliphatic rings. The van der Waals surface area contributed by atoms with Crippen LogP contribution in [0.4, 0.5) is 0 Å². The fourth-order valence-electron chi connectivity index (χ4n) is 2.84. The van der Waals surface area contributed by atoms with Crippen molar-refractivity contribution in [2.24, 2.45) is 0 Å². The molecule has 2 rings (SSSR count). The van der Waals surface area contributed by atoms with Gasteiger partial charge in [0.1, 0.15) is 0 Å². The molecule has 1 fully saturated rings. The van der Waals surface area contributed by atoms with Crippen LogP contribution in [0.5, 0.6) is 0 Å². The molecule has 1 atom stereocenters. The molecule has 0 heterocycles. The Morgan fingerprint density at radius 2 is 1.88 bits per heavy atom. The zero-order chi connectivity index (χ0) is 12.5. The van der Waals surface area contributed by atoms with Gasteiger partial charge in [0.2, 0.25) is 0 Å². The van der Waals surface area contributed by atoms with Gasteiger partial charge in [0, 0.05) is 0 Å². The van der Waals surface area contributed by atoms with E-state index in [-0.39, 0.29) is 5.41 Å². The first-order chi connectivity index (χ1) is 8.04. The number of aliphatic hydroxyl groups excluding tert-OH is 1. The van der Waals surface area contributed by atoms with Crippen molar-refractivity contribution in [3.63, 3.8) is 0 Å². The number of carbonyl (C=O) groups is 1. The largest absolute Gasteiger partial charge is 0.479 e. The maximum absolute atomic E-state index is 10.9. The summed E-state index contributed by atoms with van der Waals surface area (Å²) in [5.41, 5.74) is 1.56. The van der Waals surface area contributed by atoms with Crippen molar-refractivity contribution in [2.45, 2.75) is 44.1 Å². The van der Waals surface area contributed by atoms with Crippen molar-refractivity contribution < 1.29 is 15.0 Å². The van der Waals surface area contributed by atoms with Gasteiger partial charge in [-0.25, -0.2) is 4.79 Å². The number of hydrogen-bond donors (Lipinski definition) is 2. The lowest BCUT2D eigenvalue weighted by Gasteiger charge is -2.27. The molecule has 92 valence electrons. The molecule has 2 N–H and O–H groups in total. The second kappa shape index (κ2) is 4.49. The average molecular weight is 234 g/mol. The quantitative estimate of drug-likeness (QED) is 0.845. The number of carboxylic acids is 1. The lowest BCUT2D eigenvalue weighted by atomic mass is 9.77. The van der Waals surface area contributed by atoms with Crippen molar-refractivity contribution in [2.75, 3.05) is 0 Å². The van der Waals surface area contributed by atoms with E-state index in [0.29, 0.717) is 5.56 Å². The molecule has 1 aromatic carbocycles. The van der Waals surface area contributed by atoms with E-state index < -0.39 is 12.1 Å². The molecule has 3 nitrogen and oxygen atoms in total. The van der Waals surface area contributed by atoms with E-state index >= 15 is 0 Å².